The number of nitro groups is 1. The number of rotatable bonds is 4. The molecule has 0 saturated heterocycles. The molecular weight excluding hydrogens is 312 g/mol. The second-order valence-electron chi connectivity index (χ2n) is 4.97. The van der Waals surface area contributed by atoms with Crippen molar-refractivity contribution in [3.05, 3.63) is 64.2 Å². The Morgan fingerprint density at radius 3 is 2.71 bits per heavy atom. The summed E-state index contributed by atoms with van der Waals surface area (Å²) in [6.07, 6.45) is 0. The molecule has 0 atom stereocenters. The van der Waals surface area contributed by atoms with Gasteiger partial charge in [-0.3, -0.25) is 14.9 Å². The summed E-state index contributed by atoms with van der Waals surface area (Å²) in [5.41, 5.74) is 1.34. The summed E-state index contributed by atoms with van der Waals surface area (Å²) >= 11 is 0. The van der Waals surface area contributed by atoms with Crippen molar-refractivity contribution >= 4 is 17.3 Å². The first-order chi connectivity index (χ1) is 11.5. The van der Waals surface area contributed by atoms with Gasteiger partial charge in [0, 0.05) is 36.0 Å². The van der Waals surface area contributed by atoms with Gasteiger partial charge in [-0.2, -0.15) is 0 Å². The van der Waals surface area contributed by atoms with Gasteiger partial charge in [0.15, 0.2) is 5.82 Å². The van der Waals surface area contributed by atoms with Crippen LogP contribution in [0.5, 0.6) is 0 Å². The first-order valence-corrected chi connectivity index (χ1v) is 6.93. The molecule has 0 aliphatic carbocycles. The Kier molecular flexibility index (Phi) is 3.98. The highest BCUT2D eigenvalue weighted by Crippen LogP contribution is 2.20. The molecule has 0 radical (unpaired) electrons. The molecule has 0 saturated carbocycles. The van der Waals surface area contributed by atoms with Gasteiger partial charge in [0.2, 0.25) is 0 Å². The highest BCUT2D eigenvalue weighted by molar-refractivity contribution is 6.04. The van der Waals surface area contributed by atoms with Crippen LogP contribution in [0.25, 0.3) is 11.4 Å². The van der Waals surface area contributed by atoms with Crippen LogP contribution in [0.2, 0.25) is 0 Å². The predicted molar refractivity (Wildman–Crippen MR) is 85.3 cm³/mol. The van der Waals surface area contributed by atoms with Gasteiger partial charge < -0.3 is 5.32 Å². The molecule has 120 valence electrons. The average Bonchev–Trinajstić information content (AvgIpc) is 3.01. The normalized spacial score (nSPS) is 10.4. The van der Waals surface area contributed by atoms with Gasteiger partial charge in [-0.25, -0.2) is 4.68 Å². The molecule has 0 aliphatic rings. The van der Waals surface area contributed by atoms with Crippen LogP contribution in [0, 0.1) is 10.1 Å². The Labute approximate surface area is 136 Å². The van der Waals surface area contributed by atoms with Crippen LogP contribution in [0.15, 0.2) is 48.5 Å². The Morgan fingerprint density at radius 1 is 1.21 bits per heavy atom. The quantitative estimate of drug-likeness (QED) is 0.580. The van der Waals surface area contributed by atoms with E-state index >= 15 is 0 Å². The molecule has 9 nitrogen and oxygen atoms in total. The lowest BCUT2D eigenvalue weighted by Gasteiger charge is -2.07. The monoisotopic (exact) mass is 324 g/mol. The third kappa shape index (κ3) is 3.09. The highest BCUT2D eigenvalue weighted by atomic mass is 16.6. The van der Waals surface area contributed by atoms with Crippen molar-refractivity contribution in [2.24, 2.45) is 7.05 Å². The third-order valence-corrected chi connectivity index (χ3v) is 3.32. The van der Waals surface area contributed by atoms with Gasteiger partial charge in [0.25, 0.3) is 11.6 Å². The van der Waals surface area contributed by atoms with Crippen LogP contribution < -0.4 is 5.32 Å². The number of nitrogens with one attached hydrogen (secondary N) is 1. The molecule has 3 aromatic rings. The molecule has 0 unspecified atom stereocenters. The van der Waals surface area contributed by atoms with Gasteiger partial charge >= 0.3 is 0 Å². The molecule has 3 rings (SSSR count). The van der Waals surface area contributed by atoms with E-state index in [1.807, 2.05) is 6.07 Å². The smallest absolute Gasteiger partial charge is 0.270 e. The lowest BCUT2D eigenvalue weighted by atomic mass is 10.1. The van der Waals surface area contributed by atoms with Crippen LogP contribution in [0.3, 0.4) is 0 Å². The second-order valence-corrected chi connectivity index (χ2v) is 4.97. The number of carbonyl (C=O) groups is 1. The fraction of sp³-hybridized carbons (Fsp3) is 0.0667. The van der Waals surface area contributed by atoms with E-state index in [0.29, 0.717) is 11.5 Å². The number of benzene rings is 2. The van der Waals surface area contributed by atoms with Gasteiger partial charge in [-0.1, -0.05) is 18.2 Å². The number of nitrogens with zero attached hydrogens (tertiary/aromatic N) is 5. The van der Waals surface area contributed by atoms with Gasteiger partial charge in [-0.05, 0) is 28.6 Å². The zero-order valence-corrected chi connectivity index (χ0v) is 12.6. The molecule has 24 heavy (non-hydrogen) atoms. The van der Waals surface area contributed by atoms with Crippen LogP contribution in [0.4, 0.5) is 11.4 Å². The van der Waals surface area contributed by atoms with Crippen LogP contribution >= 0.6 is 0 Å². The fourth-order valence-corrected chi connectivity index (χ4v) is 2.17. The number of aryl methyl sites for hydroxylation is 1. The van der Waals surface area contributed by atoms with E-state index in [-0.39, 0.29) is 11.3 Å². The number of aromatic nitrogens is 4. The lowest BCUT2D eigenvalue weighted by Crippen LogP contribution is -2.12. The number of amides is 1. The minimum Gasteiger partial charge on any atom is -0.322 e. The Morgan fingerprint density at radius 2 is 2.00 bits per heavy atom. The number of carbonyl (C=O) groups excluding carboxylic acids is 1. The molecule has 1 N–H and O–H groups in total. The first-order valence-electron chi connectivity index (χ1n) is 6.93. The molecule has 1 heterocycles. The average molecular weight is 324 g/mol. The highest BCUT2D eigenvalue weighted by Gasteiger charge is 2.12. The van der Waals surface area contributed by atoms with E-state index in [1.165, 1.54) is 28.9 Å². The van der Waals surface area contributed by atoms with Crippen molar-refractivity contribution in [2.45, 2.75) is 0 Å². The number of nitro benzene ring substituents is 1. The van der Waals surface area contributed by atoms with Crippen molar-refractivity contribution in [1.29, 1.82) is 0 Å². The Bertz CT molecular complexity index is 921. The van der Waals surface area contributed by atoms with Crippen molar-refractivity contribution in [3.8, 4) is 11.4 Å². The Hall–Kier alpha value is -3.62. The van der Waals surface area contributed by atoms with Crippen LogP contribution in [-0.2, 0) is 7.05 Å². The number of hydrogen-bond acceptors (Lipinski definition) is 6. The molecule has 1 amide bonds. The van der Waals surface area contributed by atoms with Gasteiger partial charge in [-0.15, -0.1) is 5.10 Å². The van der Waals surface area contributed by atoms with Gasteiger partial charge in [0.05, 0.1) is 4.92 Å². The van der Waals surface area contributed by atoms with E-state index in [1.54, 1.807) is 25.2 Å². The topological polar surface area (TPSA) is 116 Å². The maximum atomic E-state index is 12.3. The second kappa shape index (κ2) is 6.24. The molecule has 0 fully saturated rings. The zero-order valence-electron chi connectivity index (χ0n) is 12.6. The molecule has 2 aromatic carbocycles. The van der Waals surface area contributed by atoms with Crippen molar-refractivity contribution < 1.29 is 9.72 Å². The number of tetrazole rings is 1. The minimum atomic E-state index is -0.543. The van der Waals surface area contributed by atoms with Crippen molar-refractivity contribution in [1.82, 2.24) is 20.2 Å². The maximum Gasteiger partial charge on any atom is 0.270 e. The first kappa shape index (κ1) is 15.3. The van der Waals surface area contributed by atoms with Crippen molar-refractivity contribution in [3.63, 3.8) is 0 Å². The zero-order chi connectivity index (χ0) is 17.1. The summed E-state index contributed by atoms with van der Waals surface area (Å²) in [6, 6.07) is 12.5. The maximum absolute atomic E-state index is 12.3. The number of hydrogen-bond donors (Lipinski definition) is 1. The largest absolute Gasteiger partial charge is 0.322 e. The van der Waals surface area contributed by atoms with Gasteiger partial charge in [0.1, 0.15) is 0 Å². The minimum absolute atomic E-state index is 0.137. The van der Waals surface area contributed by atoms with E-state index in [2.05, 4.69) is 20.8 Å². The summed E-state index contributed by atoms with van der Waals surface area (Å²) in [4.78, 5) is 22.5. The van der Waals surface area contributed by atoms with E-state index < -0.39 is 10.8 Å². The molecule has 0 spiro atoms. The molecule has 1 aromatic heterocycles. The van der Waals surface area contributed by atoms with E-state index in [4.69, 9.17) is 0 Å². The van der Waals surface area contributed by atoms with Crippen molar-refractivity contribution in [2.75, 3.05) is 5.32 Å². The molecular formula is C15H12N6O3. The SMILES string of the molecule is Cn1nnnc1-c1cccc(NC(=O)c2cccc([N+](=O)[O-])c2)c1. The van der Waals surface area contributed by atoms with Crippen LogP contribution in [-0.4, -0.2) is 31.0 Å². The summed E-state index contributed by atoms with van der Waals surface area (Å²) in [7, 11) is 1.71. The summed E-state index contributed by atoms with van der Waals surface area (Å²) in [5, 5.41) is 24.7. The van der Waals surface area contributed by atoms with E-state index in [0.717, 1.165) is 5.56 Å². The summed E-state index contributed by atoms with van der Waals surface area (Å²) in [6.45, 7) is 0. The number of non-ortho nitro benzene ring substituents is 1. The molecule has 0 aliphatic heterocycles. The predicted octanol–water partition coefficient (Wildman–Crippen LogP) is 2.04. The third-order valence-electron chi connectivity index (χ3n) is 3.32. The number of anilines is 1. The summed E-state index contributed by atoms with van der Waals surface area (Å²) < 4.78 is 1.52. The molecule has 9 heteroatoms. The van der Waals surface area contributed by atoms with E-state index in [9.17, 15) is 14.9 Å². The van der Waals surface area contributed by atoms with Crippen LogP contribution in [0.1, 0.15) is 10.4 Å². The summed E-state index contributed by atoms with van der Waals surface area (Å²) in [5.74, 6) is 0.119. The Balaban J connectivity index is 1.84. The lowest BCUT2D eigenvalue weighted by molar-refractivity contribution is -0.384. The standard InChI is InChI=1S/C15H12N6O3/c1-20-14(17-18-19-20)10-4-2-6-12(8-10)16-15(22)11-5-3-7-13(9-11)21(23)24/h2-9H,1H3,(H,16,22). The molecule has 0 bridgehead atoms. The fourth-order valence-electron chi connectivity index (χ4n) is 2.17.